The highest BCUT2D eigenvalue weighted by Gasteiger charge is 2.26. The summed E-state index contributed by atoms with van der Waals surface area (Å²) < 4.78 is 19.3. The third-order valence-corrected chi connectivity index (χ3v) is 8.79. The third kappa shape index (κ3) is 8.77. The topological polar surface area (TPSA) is 126 Å². The molecule has 3 heterocycles. The number of nitrogens with one attached hydrogen (secondary N) is 1. The van der Waals surface area contributed by atoms with Crippen LogP contribution in [0.5, 0.6) is 11.5 Å². The number of benzene rings is 1. The molecular formula is C37H45ClN6O4. The minimum Gasteiger partial charge on any atom is -0.496 e. The Kier molecular flexibility index (Phi) is 11.8. The number of aromatic nitrogens is 4. The fourth-order valence-electron chi connectivity index (χ4n) is 6.07. The predicted octanol–water partition coefficient (Wildman–Crippen LogP) is 6.39. The molecular weight excluding hydrogens is 628 g/mol. The zero-order chi connectivity index (χ0) is 34.2. The number of aryl methyl sites for hydroxylation is 1. The predicted molar refractivity (Wildman–Crippen MR) is 188 cm³/mol. The number of fused-ring (bicyclic) bond motifs is 1. The van der Waals surface area contributed by atoms with Gasteiger partial charge in [0.1, 0.15) is 34.4 Å². The molecule has 11 heteroatoms. The van der Waals surface area contributed by atoms with Crippen molar-refractivity contribution in [3.05, 3.63) is 69.8 Å². The number of carbonyl (C=O) groups excluding carboxylic acids is 1. The normalized spacial score (nSPS) is 13.8. The van der Waals surface area contributed by atoms with E-state index in [1.54, 1.807) is 13.3 Å². The zero-order valence-corrected chi connectivity index (χ0v) is 29.2. The summed E-state index contributed by atoms with van der Waals surface area (Å²) in [5.41, 5.74) is 10.8. The van der Waals surface area contributed by atoms with Gasteiger partial charge in [-0.1, -0.05) is 37.3 Å². The summed E-state index contributed by atoms with van der Waals surface area (Å²) in [5.74, 6) is 8.37. The lowest BCUT2D eigenvalue weighted by Crippen LogP contribution is -2.41. The molecule has 1 aliphatic carbocycles. The summed E-state index contributed by atoms with van der Waals surface area (Å²) in [6, 6.07) is 7.34. The van der Waals surface area contributed by atoms with E-state index in [2.05, 4.69) is 46.0 Å². The van der Waals surface area contributed by atoms with E-state index in [9.17, 15) is 4.79 Å². The molecule has 1 atom stereocenters. The van der Waals surface area contributed by atoms with Crippen LogP contribution in [0.15, 0.2) is 36.7 Å². The Bertz CT molecular complexity index is 1790. The van der Waals surface area contributed by atoms with Crippen molar-refractivity contribution in [2.75, 3.05) is 26.0 Å². The summed E-state index contributed by atoms with van der Waals surface area (Å²) in [6.45, 7) is 9.81. The maximum atomic E-state index is 12.8. The number of anilines is 1. The first-order valence-electron chi connectivity index (χ1n) is 16.6. The van der Waals surface area contributed by atoms with Crippen molar-refractivity contribution in [3.8, 4) is 23.3 Å². The second-order valence-electron chi connectivity index (χ2n) is 12.7. The largest absolute Gasteiger partial charge is 0.496 e. The van der Waals surface area contributed by atoms with E-state index in [0.717, 1.165) is 72.4 Å². The number of methoxy groups -OCH3 is 1. The molecule has 48 heavy (non-hydrogen) atoms. The van der Waals surface area contributed by atoms with E-state index in [4.69, 9.17) is 31.5 Å². The fourth-order valence-corrected chi connectivity index (χ4v) is 6.34. The molecule has 0 unspecified atom stereocenters. The van der Waals surface area contributed by atoms with Crippen LogP contribution in [-0.4, -0.2) is 57.9 Å². The van der Waals surface area contributed by atoms with Crippen LogP contribution in [0.25, 0.3) is 11.0 Å². The number of pyridine rings is 1. The first-order valence-corrected chi connectivity index (χ1v) is 17.0. The van der Waals surface area contributed by atoms with E-state index in [-0.39, 0.29) is 29.2 Å². The lowest BCUT2D eigenvalue weighted by atomic mass is 10.0. The molecule has 1 fully saturated rings. The Balaban J connectivity index is 1.20. The highest BCUT2D eigenvalue weighted by molar-refractivity contribution is 6.34. The van der Waals surface area contributed by atoms with Gasteiger partial charge in [-0.25, -0.2) is 4.98 Å². The van der Waals surface area contributed by atoms with Crippen molar-refractivity contribution in [2.24, 2.45) is 5.92 Å². The number of carbonyl (C=O) groups is 1. The molecule has 1 aliphatic rings. The molecule has 3 aromatic heterocycles. The zero-order valence-electron chi connectivity index (χ0n) is 28.4. The number of rotatable bonds is 13. The van der Waals surface area contributed by atoms with Gasteiger partial charge in [-0.05, 0) is 89.1 Å². The van der Waals surface area contributed by atoms with Gasteiger partial charge < -0.3 is 29.8 Å². The van der Waals surface area contributed by atoms with Crippen LogP contribution >= 0.6 is 11.6 Å². The highest BCUT2D eigenvalue weighted by Crippen LogP contribution is 2.30. The first kappa shape index (κ1) is 35.0. The molecule has 0 bridgehead atoms. The SMILES string of the molecule is COc1c(C)cnc(Cn2cc(C#Cc3ccc(OCCCN[C@@H](CC(C)C)C(=O)OC4CCCC4)cc3)c3c(Cl)nc(N)nc32)c1C. The molecule has 254 valence electrons. The van der Waals surface area contributed by atoms with Crippen molar-refractivity contribution in [2.45, 2.75) is 84.9 Å². The monoisotopic (exact) mass is 672 g/mol. The van der Waals surface area contributed by atoms with Crippen molar-refractivity contribution in [1.29, 1.82) is 0 Å². The van der Waals surface area contributed by atoms with Gasteiger partial charge in [0.25, 0.3) is 0 Å². The summed E-state index contributed by atoms with van der Waals surface area (Å²) >= 11 is 6.55. The van der Waals surface area contributed by atoms with Crippen LogP contribution in [0.3, 0.4) is 0 Å². The van der Waals surface area contributed by atoms with Crippen LogP contribution in [0.1, 0.15) is 80.3 Å². The summed E-state index contributed by atoms with van der Waals surface area (Å²) in [6.07, 6.45) is 9.52. The molecule has 1 saturated carbocycles. The van der Waals surface area contributed by atoms with Gasteiger partial charge in [0, 0.05) is 29.1 Å². The number of nitrogens with zero attached hydrogens (tertiary/aromatic N) is 4. The van der Waals surface area contributed by atoms with E-state index in [1.807, 2.05) is 48.9 Å². The van der Waals surface area contributed by atoms with Crippen molar-refractivity contribution in [1.82, 2.24) is 24.8 Å². The van der Waals surface area contributed by atoms with Gasteiger partial charge in [-0.15, -0.1) is 0 Å². The average Bonchev–Trinajstić information content (AvgIpc) is 3.69. The molecule has 4 aromatic rings. The second kappa shape index (κ2) is 16.2. The number of halogens is 1. The van der Waals surface area contributed by atoms with E-state index < -0.39 is 0 Å². The van der Waals surface area contributed by atoms with Crippen molar-refractivity contribution < 1.29 is 19.0 Å². The second-order valence-corrected chi connectivity index (χ2v) is 13.1. The van der Waals surface area contributed by atoms with E-state index >= 15 is 0 Å². The Hall–Kier alpha value is -4.33. The number of esters is 1. The summed E-state index contributed by atoms with van der Waals surface area (Å²) in [5, 5.41) is 4.26. The Morgan fingerprint density at radius 1 is 1.15 bits per heavy atom. The smallest absolute Gasteiger partial charge is 0.323 e. The fraction of sp³-hybridized carbons (Fsp3) is 0.459. The van der Waals surface area contributed by atoms with Gasteiger partial charge in [0.15, 0.2) is 0 Å². The molecule has 0 saturated heterocycles. The number of hydrogen-bond acceptors (Lipinski definition) is 9. The average molecular weight is 673 g/mol. The molecule has 0 amide bonds. The molecule has 5 rings (SSSR count). The highest BCUT2D eigenvalue weighted by atomic mass is 35.5. The minimum atomic E-state index is -0.289. The lowest BCUT2D eigenvalue weighted by molar-refractivity contribution is -0.151. The van der Waals surface area contributed by atoms with Crippen LogP contribution in [-0.2, 0) is 16.1 Å². The molecule has 1 aromatic carbocycles. The molecule has 0 spiro atoms. The van der Waals surface area contributed by atoms with Crippen LogP contribution in [0, 0.1) is 31.6 Å². The van der Waals surface area contributed by atoms with Crippen molar-refractivity contribution >= 4 is 34.6 Å². The Morgan fingerprint density at radius 3 is 2.60 bits per heavy atom. The number of nitrogens with two attached hydrogens (primary N) is 1. The molecule has 10 nitrogen and oxygen atoms in total. The molecule has 0 radical (unpaired) electrons. The van der Waals surface area contributed by atoms with Gasteiger partial charge in [-0.3, -0.25) is 9.78 Å². The van der Waals surface area contributed by atoms with Gasteiger partial charge in [0.05, 0.1) is 36.9 Å². The number of hydrogen-bond donors (Lipinski definition) is 2. The van der Waals surface area contributed by atoms with Gasteiger partial charge in [-0.2, -0.15) is 4.98 Å². The maximum absolute atomic E-state index is 12.8. The number of nitrogen functional groups attached to an aromatic ring is 1. The Labute approximate surface area is 287 Å². The van der Waals surface area contributed by atoms with E-state index in [0.29, 0.717) is 42.2 Å². The molecule has 0 aliphatic heterocycles. The van der Waals surface area contributed by atoms with Crippen LogP contribution in [0.2, 0.25) is 5.15 Å². The van der Waals surface area contributed by atoms with E-state index in [1.165, 1.54) is 0 Å². The minimum absolute atomic E-state index is 0.0764. The van der Waals surface area contributed by atoms with Crippen LogP contribution in [0.4, 0.5) is 5.95 Å². The van der Waals surface area contributed by atoms with Crippen LogP contribution < -0.4 is 20.5 Å². The standard InChI is InChI=1S/C37H45ClN6O4/c1-23(2)19-30(36(45)48-29-9-6-7-10-29)40-17-8-18-47-28-15-12-26(13-16-28)11-14-27-21-44(35-32(27)34(38)42-37(39)43-35)22-31-25(4)33(46-5)24(3)20-41-31/h12-13,15-16,20-21,23,29-30,40H,6-10,17-19,22H2,1-5H3,(H2,39,42,43)/t30-/m0/s1. The third-order valence-electron chi connectivity index (χ3n) is 8.51. The summed E-state index contributed by atoms with van der Waals surface area (Å²) in [4.78, 5) is 26.0. The Morgan fingerprint density at radius 2 is 1.90 bits per heavy atom. The van der Waals surface area contributed by atoms with Gasteiger partial charge in [0.2, 0.25) is 5.95 Å². The maximum Gasteiger partial charge on any atom is 0.323 e. The first-order chi connectivity index (χ1) is 23.1. The summed E-state index contributed by atoms with van der Waals surface area (Å²) in [7, 11) is 1.66. The number of ether oxygens (including phenoxy) is 3. The van der Waals surface area contributed by atoms with Crippen molar-refractivity contribution in [3.63, 3.8) is 0 Å². The molecule has 3 N–H and O–H groups in total. The lowest BCUT2D eigenvalue weighted by Gasteiger charge is -2.21. The quantitative estimate of drug-likeness (QED) is 0.0719. The van der Waals surface area contributed by atoms with Gasteiger partial charge >= 0.3 is 5.97 Å².